The number of alkyl halides is 1. The van der Waals surface area contributed by atoms with E-state index < -0.39 is 0 Å². The van der Waals surface area contributed by atoms with Gasteiger partial charge in [0, 0.05) is 10.4 Å². The first-order valence-corrected chi connectivity index (χ1v) is 6.12. The van der Waals surface area contributed by atoms with Crippen molar-refractivity contribution >= 4 is 27.5 Å². The van der Waals surface area contributed by atoms with E-state index in [9.17, 15) is 0 Å². The molecule has 0 bridgehead atoms. The van der Waals surface area contributed by atoms with Crippen molar-refractivity contribution in [2.75, 3.05) is 5.33 Å². The zero-order chi connectivity index (χ0) is 10.6. The average molecular weight is 278 g/mol. The van der Waals surface area contributed by atoms with Gasteiger partial charge in [-0.15, -0.1) is 0 Å². The van der Waals surface area contributed by atoms with Crippen molar-refractivity contribution in [3.05, 3.63) is 28.8 Å². The predicted octanol–water partition coefficient (Wildman–Crippen LogP) is 4.20. The monoisotopic (exact) mass is 276 g/mol. The third kappa shape index (κ3) is 3.50. The fourth-order valence-corrected chi connectivity index (χ4v) is 1.90. The lowest BCUT2D eigenvalue weighted by Crippen LogP contribution is -2.11. The molecule has 1 nitrogen and oxygen atoms in total. The van der Waals surface area contributed by atoms with Crippen LogP contribution in [0.5, 0.6) is 5.75 Å². The van der Waals surface area contributed by atoms with Crippen LogP contribution in [0.2, 0.25) is 5.02 Å². The Kier molecular flexibility index (Phi) is 4.76. The molecule has 0 aromatic heterocycles. The molecule has 0 radical (unpaired) electrons. The Balaban J connectivity index is 2.63. The van der Waals surface area contributed by atoms with Crippen LogP contribution < -0.4 is 4.74 Å². The Hall–Kier alpha value is -0.210. The summed E-state index contributed by atoms with van der Waals surface area (Å²) in [4.78, 5) is 0. The predicted molar refractivity (Wildman–Crippen MR) is 64.7 cm³/mol. The molecule has 0 fully saturated rings. The van der Waals surface area contributed by atoms with Gasteiger partial charge >= 0.3 is 0 Å². The Labute approximate surface area is 98.5 Å². The summed E-state index contributed by atoms with van der Waals surface area (Å²) in [7, 11) is 0. The highest BCUT2D eigenvalue weighted by atomic mass is 79.9. The second-order valence-electron chi connectivity index (χ2n) is 3.32. The van der Waals surface area contributed by atoms with Crippen LogP contribution in [0.15, 0.2) is 18.2 Å². The van der Waals surface area contributed by atoms with Gasteiger partial charge in [0.25, 0.3) is 0 Å². The molecule has 0 aliphatic heterocycles. The Bertz CT molecular complexity index is 301. The average Bonchev–Trinajstić information content (AvgIpc) is 2.12. The van der Waals surface area contributed by atoms with Gasteiger partial charge < -0.3 is 4.74 Å². The van der Waals surface area contributed by atoms with Gasteiger partial charge in [-0.1, -0.05) is 27.5 Å². The summed E-state index contributed by atoms with van der Waals surface area (Å²) in [5.74, 6) is 0.889. The highest BCUT2D eigenvalue weighted by molar-refractivity contribution is 9.09. The summed E-state index contributed by atoms with van der Waals surface area (Å²) < 4.78 is 5.70. The summed E-state index contributed by atoms with van der Waals surface area (Å²) in [5, 5.41) is 1.74. The van der Waals surface area contributed by atoms with E-state index in [0.717, 1.165) is 28.1 Å². The number of hydrogen-bond acceptors (Lipinski definition) is 1. The smallest absolute Gasteiger partial charge is 0.120 e. The lowest BCUT2D eigenvalue weighted by molar-refractivity contribution is 0.219. The van der Waals surface area contributed by atoms with E-state index in [1.165, 1.54) is 0 Å². The van der Waals surface area contributed by atoms with Gasteiger partial charge in [0.2, 0.25) is 0 Å². The largest absolute Gasteiger partial charge is 0.491 e. The first-order valence-electron chi connectivity index (χ1n) is 4.62. The maximum absolute atomic E-state index is 5.92. The van der Waals surface area contributed by atoms with Crippen molar-refractivity contribution in [3.63, 3.8) is 0 Å². The number of halogens is 2. The maximum atomic E-state index is 5.92. The topological polar surface area (TPSA) is 9.23 Å². The van der Waals surface area contributed by atoms with E-state index in [2.05, 4.69) is 22.9 Å². The molecule has 1 aromatic carbocycles. The number of hydrogen-bond donors (Lipinski definition) is 0. The van der Waals surface area contributed by atoms with Crippen molar-refractivity contribution in [3.8, 4) is 5.75 Å². The van der Waals surface area contributed by atoms with Gasteiger partial charge in [-0.2, -0.15) is 0 Å². The van der Waals surface area contributed by atoms with E-state index >= 15 is 0 Å². The molecule has 0 spiro atoms. The normalized spacial score (nSPS) is 12.6. The van der Waals surface area contributed by atoms with E-state index in [1.807, 2.05) is 25.1 Å². The van der Waals surface area contributed by atoms with Crippen molar-refractivity contribution in [1.29, 1.82) is 0 Å². The van der Waals surface area contributed by atoms with Crippen molar-refractivity contribution in [2.45, 2.75) is 26.4 Å². The third-order valence-corrected chi connectivity index (χ3v) is 2.86. The number of rotatable bonds is 4. The fraction of sp³-hybridized carbons (Fsp3) is 0.455. The zero-order valence-electron chi connectivity index (χ0n) is 8.39. The molecule has 78 valence electrons. The highest BCUT2D eigenvalue weighted by Crippen LogP contribution is 2.22. The molecule has 0 saturated carbocycles. The molecule has 0 amide bonds. The van der Waals surface area contributed by atoms with Gasteiger partial charge in [-0.05, 0) is 44.0 Å². The molecule has 14 heavy (non-hydrogen) atoms. The van der Waals surface area contributed by atoms with Crippen LogP contribution in [0.25, 0.3) is 0 Å². The molecular formula is C11H14BrClO. The third-order valence-electron chi connectivity index (χ3n) is 1.98. The van der Waals surface area contributed by atoms with Crippen molar-refractivity contribution in [2.24, 2.45) is 0 Å². The minimum atomic E-state index is 0.231. The molecule has 1 atom stereocenters. The van der Waals surface area contributed by atoms with Gasteiger partial charge in [0.05, 0.1) is 6.10 Å². The lowest BCUT2D eigenvalue weighted by Gasteiger charge is -2.13. The molecule has 1 aromatic rings. The standard InChI is InChI=1S/C11H14BrClO/c1-8-7-10(3-4-11(8)13)14-9(2)5-6-12/h3-4,7,9H,5-6H2,1-2H3. The van der Waals surface area contributed by atoms with Crippen LogP contribution in [0.1, 0.15) is 18.9 Å². The van der Waals surface area contributed by atoms with Gasteiger partial charge in [-0.25, -0.2) is 0 Å². The Morgan fingerprint density at radius 3 is 2.79 bits per heavy atom. The lowest BCUT2D eigenvalue weighted by atomic mass is 10.2. The molecule has 0 heterocycles. The summed E-state index contributed by atoms with van der Waals surface area (Å²) in [6.45, 7) is 4.04. The summed E-state index contributed by atoms with van der Waals surface area (Å²) in [6, 6.07) is 5.74. The number of ether oxygens (including phenoxy) is 1. The van der Waals surface area contributed by atoms with Gasteiger partial charge in [-0.3, -0.25) is 0 Å². The van der Waals surface area contributed by atoms with Crippen LogP contribution in [0, 0.1) is 6.92 Å². The van der Waals surface area contributed by atoms with E-state index in [0.29, 0.717) is 0 Å². The molecule has 0 N–H and O–H groups in total. The molecule has 1 rings (SSSR count). The fourth-order valence-electron chi connectivity index (χ4n) is 1.14. The van der Waals surface area contributed by atoms with Crippen LogP contribution in [0.4, 0.5) is 0 Å². The maximum Gasteiger partial charge on any atom is 0.120 e. The van der Waals surface area contributed by atoms with Crippen LogP contribution >= 0.6 is 27.5 Å². The SMILES string of the molecule is Cc1cc(OC(C)CCBr)ccc1Cl. The number of aryl methyl sites for hydroxylation is 1. The molecular weight excluding hydrogens is 263 g/mol. The molecule has 0 saturated heterocycles. The van der Waals surface area contributed by atoms with E-state index in [4.69, 9.17) is 16.3 Å². The zero-order valence-corrected chi connectivity index (χ0v) is 10.7. The number of benzene rings is 1. The minimum absolute atomic E-state index is 0.231. The Morgan fingerprint density at radius 2 is 2.21 bits per heavy atom. The second kappa shape index (κ2) is 5.62. The second-order valence-corrected chi connectivity index (χ2v) is 4.52. The summed E-state index contributed by atoms with van der Waals surface area (Å²) in [6.07, 6.45) is 1.23. The van der Waals surface area contributed by atoms with Crippen molar-refractivity contribution < 1.29 is 4.74 Å². The van der Waals surface area contributed by atoms with Crippen molar-refractivity contribution in [1.82, 2.24) is 0 Å². The molecule has 1 unspecified atom stereocenters. The van der Waals surface area contributed by atoms with Gasteiger partial charge in [0.1, 0.15) is 5.75 Å². The minimum Gasteiger partial charge on any atom is -0.491 e. The van der Waals surface area contributed by atoms with Crippen LogP contribution in [-0.2, 0) is 0 Å². The molecule has 0 aliphatic rings. The van der Waals surface area contributed by atoms with E-state index in [1.54, 1.807) is 0 Å². The van der Waals surface area contributed by atoms with Crippen LogP contribution in [0.3, 0.4) is 0 Å². The summed E-state index contributed by atoms with van der Waals surface area (Å²) in [5.41, 5.74) is 1.05. The first-order chi connectivity index (χ1) is 6.63. The van der Waals surface area contributed by atoms with Crippen LogP contribution in [-0.4, -0.2) is 11.4 Å². The van der Waals surface area contributed by atoms with Gasteiger partial charge in [0.15, 0.2) is 0 Å². The Morgan fingerprint density at radius 1 is 1.50 bits per heavy atom. The van der Waals surface area contributed by atoms with E-state index in [-0.39, 0.29) is 6.10 Å². The quantitative estimate of drug-likeness (QED) is 0.750. The molecule has 0 aliphatic carbocycles. The highest BCUT2D eigenvalue weighted by Gasteiger charge is 2.04. The summed E-state index contributed by atoms with van der Waals surface area (Å²) >= 11 is 9.30. The first kappa shape index (κ1) is 11.9. The molecule has 3 heteroatoms.